The Bertz CT molecular complexity index is 139. The maximum atomic E-state index is 11.2. The third-order valence-electron chi connectivity index (χ3n) is 1.93. The van der Waals surface area contributed by atoms with Crippen LogP contribution in [0.15, 0.2) is 0 Å². The van der Waals surface area contributed by atoms with E-state index in [0.29, 0.717) is 13.2 Å². The summed E-state index contributed by atoms with van der Waals surface area (Å²) in [6, 6.07) is 0. The Labute approximate surface area is 73.0 Å². The van der Waals surface area contributed by atoms with Crippen molar-refractivity contribution in [2.24, 2.45) is 0 Å². The molecule has 12 heavy (non-hydrogen) atoms. The maximum absolute atomic E-state index is 11.2. The third kappa shape index (κ3) is 2.81. The average molecular weight is 172 g/mol. The molecule has 0 radical (unpaired) electrons. The number of carbonyl (C=O) groups excluding carboxylic acids is 1. The molecule has 0 aromatic carbocycles. The summed E-state index contributed by atoms with van der Waals surface area (Å²) < 4.78 is 10.2. The van der Waals surface area contributed by atoms with Crippen LogP contribution in [-0.4, -0.2) is 25.3 Å². The Morgan fingerprint density at radius 3 is 3.08 bits per heavy atom. The molecule has 1 atom stereocenters. The van der Waals surface area contributed by atoms with Crippen LogP contribution in [0.25, 0.3) is 0 Å². The van der Waals surface area contributed by atoms with Crippen LogP contribution < -0.4 is 0 Å². The molecule has 0 bridgehead atoms. The Hall–Kier alpha value is -0.570. The van der Waals surface area contributed by atoms with Gasteiger partial charge in [-0.2, -0.15) is 0 Å². The summed E-state index contributed by atoms with van der Waals surface area (Å²) in [5, 5.41) is 0. The predicted octanol–water partition coefficient (Wildman–Crippen LogP) is 1.51. The Balaban J connectivity index is 2.10. The number of unbranched alkanes of at least 4 members (excludes halogenated alkanes) is 1. The lowest BCUT2D eigenvalue weighted by Crippen LogP contribution is -2.22. The van der Waals surface area contributed by atoms with Gasteiger partial charge in [-0.15, -0.1) is 0 Å². The van der Waals surface area contributed by atoms with Crippen LogP contribution in [0.3, 0.4) is 0 Å². The van der Waals surface area contributed by atoms with E-state index in [4.69, 9.17) is 9.47 Å². The molecule has 0 unspecified atom stereocenters. The minimum absolute atomic E-state index is 0.180. The van der Waals surface area contributed by atoms with Crippen molar-refractivity contribution in [2.45, 2.75) is 38.7 Å². The summed E-state index contributed by atoms with van der Waals surface area (Å²) in [5.74, 6) is -0.180. The fraction of sp³-hybridized carbons (Fsp3) is 0.889. The molecule has 3 nitrogen and oxygen atoms in total. The summed E-state index contributed by atoms with van der Waals surface area (Å²) >= 11 is 0. The quantitative estimate of drug-likeness (QED) is 0.476. The molecular formula is C9H16O3. The molecule has 1 rings (SSSR count). The number of carbonyl (C=O) groups is 1. The monoisotopic (exact) mass is 172 g/mol. The molecule has 0 aromatic heterocycles. The molecule has 1 aliphatic rings. The van der Waals surface area contributed by atoms with E-state index in [1.807, 2.05) is 0 Å². The van der Waals surface area contributed by atoms with Crippen molar-refractivity contribution in [1.29, 1.82) is 0 Å². The van der Waals surface area contributed by atoms with Gasteiger partial charge in [0.2, 0.25) is 0 Å². The van der Waals surface area contributed by atoms with Gasteiger partial charge in [0.25, 0.3) is 0 Å². The second kappa shape index (κ2) is 5.14. The van der Waals surface area contributed by atoms with Crippen molar-refractivity contribution >= 4 is 5.97 Å². The summed E-state index contributed by atoms with van der Waals surface area (Å²) in [7, 11) is 0. The first-order valence-corrected chi connectivity index (χ1v) is 4.63. The molecule has 0 saturated carbocycles. The largest absolute Gasteiger partial charge is 0.464 e. The standard InChI is InChI=1S/C9H16O3/c1-2-3-6-12-9(10)8-5-4-7-11-8/h8H,2-7H2,1H3/t8-/m0/s1. The zero-order valence-electron chi connectivity index (χ0n) is 7.54. The van der Waals surface area contributed by atoms with Gasteiger partial charge in [0.1, 0.15) is 0 Å². The molecule has 0 spiro atoms. The van der Waals surface area contributed by atoms with Crippen LogP contribution in [0.1, 0.15) is 32.6 Å². The number of rotatable bonds is 4. The molecule has 1 aliphatic heterocycles. The summed E-state index contributed by atoms with van der Waals surface area (Å²) in [5.41, 5.74) is 0. The fourth-order valence-electron chi connectivity index (χ4n) is 1.17. The fourth-order valence-corrected chi connectivity index (χ4v) is 1.17. The van der Waals surface area contributed by atoms with Crippen molar-refractivity contribution in [2.75, 3.05) is 13.2 Å². The van der Waals surface area contributed by atoms with Gasteiger partial charge in [-0.1, -0.05) is 13.3 Å². The molecule has 1 fully saturated rings. The van der Waals surface area contributed by atoms with Gasteiger partial charge in [0.15, 0.2) is 6.10 Å². The highest BCUT2D eigenvalue weighted by Gasteiger charge is 2.24. The zero-order chi connectivity index (χ0) is 8.81. The van der Waals surface area contributed by atoms with Crippen molar-refractivity contribution < 1.29 is 14.3 Å². The Kier molecular flexibility index (Phi) is 4.08. The molecule has 70 valence electrons. The normalized spacial score (nSPS) is 22.6. The van der Waals surface area contributed by atoms with Gasteiger partial charge in [-0.05, 0) is 19.3 Å². The van der Waals surface area contributed by atoms with Gasteiger partial charge in [-0.25, -0.2) is 4.79 Å². The van der Waals surface area contributed by atoms with Crippen LogP contribution in [0.2, 0.25) is 0 Å². The molecule has 3 heteroatoms. The van der Waals surface area contributed by atoms with Gasteiger partial charge < -0.3 is 9.47 Å². The van der Waals surface area contributed by atoms with Crippen LogP contribution in [-0.2, 0) is 14.3 Å². The highest BCUT2D eigenvalue weighted by molar-refractivity contribution is 5.74. The molecule has 0 aliphatic carbocycles. The smallest absolute Gasteiger partial charge is 0.335 e. The average Bonchev–Trinajstić information content (AvgIpc) is 2.56. The van der Waals surface area contributed by atoms with Crippen molar-refractivity contribution in [1.82, 2.24) is 0 Å². The van der Waals surface area contributed by atoms with E-state index in [-0.39, 0.29) is 12.1 Å². The van der Waals surface area contributed by atoms with E-state index >= 15 is 0 Å². The third-order valence-corrected chi connectivity index (χ3v) is 1.93. The lowest BCUT2D eigenvalue weighted by atomic mass is 10.2. The molecular weight excluding hydrogens is 156 g/mol. The van der Waals surface area contributed by atoms with Gasteiger partial charge >= 0.3 is 5.97 Å². The van der Waals surface area contributed by atoms with Gasteiger partial charge in [-0.3, -0.25) is 0 Å². The SMILES string of the molecule is CCCCOC(=O)[C@@H]1CCCO1. The van der Waals surface area contributed by atoms with E-state index < -0.39 is 0 Å². The number of ether oxygens (including phenoxy) is 2. The van der Waals surface area contributed by atoms with Crippen LogP contribution in [0, 0.1) is 0 Å². The maximum Gasteiger partial charge on any atom is 0.335 e. The van der Waals surface area contributed by atoms with E-state index in [9.17, 15) is 4.79 Å². The zero-order valence-corrected chi connectivity index (χ0v) is 7.54. The first-order valence-electron chi connectivity index (χ1n) is 4.63. The Morgan fingerprint density at radius 2 is 2.50 bits per heavy atom. The van der Waals surface area contributed by atoms with Gasteiger partial charge in [0.05, 0.1) is 6.61 Å². The van der Waals surface area contributed by atoms with E-state index in [1.54, 1.807) is 0 Å². The topological polar surface area (TPSA) is 35.5 Å². The second-order valence-electron chi connectivity index (χ2n) is 3.02. The molecule has 1 saturated heterocycles. The summed E-state index contributed by atoms with van der Waals surface area (Å²) in [6.45, 7) is 3.31. The summed E-state index contributed by atoms with van der Waals surface area (Å²) in [4.78, 5) is 11.2. The highest BCUT2D eigenvalue weighted by atomic mass is 16.6. The number of hydrogen-bond acceptors (Lipinski definition) is 3. The van der Waals surface area contributed by atoms with E-state index in [2.05, 4.69) is 6.92 Å². The molecule has 0 aromatic rings. The van der Waals surface area contributed by atoms with Crippen molar-refractivity contribution in [3.63, 3.8) is 0 Å². The van der Waals surface area contributed by atoms with E-state index in [0.717, 1.165) is 25.7 Å². The minimum Gasteiger partial charge on any atom is -0.464 e. The van der Waals surface area contributed by atoms with E-state index in [1.165, 1.54) is 0 Å². The first-order chi connectivity index (χ1) is 5.84. The number of hydrogen-bond donors (Lipinski definition) is 0. The van der Waals surface area contributed by atoms with Crippen molar-refractivity contribution in [3.8, 4) is 0 Å². The summed E-state index contributed by atoms with van der Waals surface area (Å²) in [6.07, 6.45) is 3.53. The van der Waals surface area contributed by atoms with Gasteiger partial charge in [0, 0.05) is 6.61 Å². The second-order valence-corrected chi connectivity index (χ2v) is 3.02. The predicted molar refractivity (Wildman–Crippen MR) is 44.8 cm³/mol. The van der Waals surface area contributed by atoms with Crippen LogP contribution in [0.4, 0.5) is 0 Å². The van der Waals surface area contributed by atoms with Crippen LogP contribution in [0.5, 0.6) is 0 Å². The molecule has 1 heterocycles. The van der Waals surface area contributed by atoms with Crippen LogP contribution >= 0.6 is 0 Å². The number of esters is 1. The highest BCUT2D eigenvalue weighted by Crippen LogP contribution is 2.13. The molecule has 0 N–H and O–H groups in total. The lowest BCUT2D eigenvalue weighted by molar-refractivity contribution is -0.154. The van der Waals surface area contributed by atoms with Crippen molar-refractivity contribution in [3.05, 3.63) is 0 Å². The lowest BCUT2D eigenvalue weighted by Gasteiger charge is -2.08. The molecule has 0 amide bonds. The minimum atomic E-state index is -0.276. The first kappa shape index (κ1) is 9.52. The Morgan fingerprint density at radius 1 is 1.67 bits per heavy atom.